The molecule has 0 aliphatic heterocycles. The Hall–Kier alpha value is -1.28. The number of carbonyl (C=O) groups excluding carboxylic acids is 1. The molecule has 3 N–H and O–H groups in total. The molecule has 0 saturated heterocycles. The smallest absolute Gasteiger partial charge is 0.387 e. The van der Waals surface area contributed by atoms with Crippen LogP contribution in [0.25, 0.3) is 0 Å². The van der Waals surface area contributed by atoms with Crippen molar-refractivity contribution in [3.8, 4) is 0 Å². The maximum absolute atomic E-state index is 12.9. The second-order valence-corrected chi connectivity index (χ2v) is 22.1. The minimum absolute atomic E-state index is 0.0550. The number of rotatable bonds is 52. The molecule has 8 nitrogen and oxygen atoms in total. The first-order valence-corrected chi connectivity index (χ1v) is 29.9. The molecule has 3 atom stereocenters. The summed E-state index contributed by atoms with van der Waals surface area (Å²) in [5.74, 6) is -0.193. The Balaban J connectivity index is 4.22. The number of aliphatic hydroxyl groups is 1. The summed E-state index contributed by atoms with van der Waals surface area (Å²) in [5, 5.41) is 13.9. The Bertz CT molecular complexity index is 1170. The normalized spacial score (nSPS) is 14.2. The molecule has 66 heavy (non-hydrogen) atoms. The number of quaternary nitrogens is 1. The number of nitrogens with zero attached hydrogens (tertiary/aromatic N) is 1. The minimum Gasteiger partial charge on any atom is -0.387 e. The number of phosphoric ester groups is 1. The molecule has 0 aliphatic rings. The fourth-order valence-electron chi connectivity index (χ4n) is 8.35. The third-order valence-corrected chi connectivity index (χ3v) is 13.8. The Labute approximate surface area is 410 Å². The summed E-state index contributed by atoms with van der Waals surface area (Å²) in [6, 6.07) is -0.867. The van der Waals surface area contributed by atoms with E-state index in [0.717, 1.165) is 51.4 Å². The molecule has 3 unspecified atom stereocenters. The standard InChI is InChI=1S/C57H111N2O6P/c1-6-8-10-12-14-16-18-20-22-24-25-26-27-28-29-30-31-32-33-34-35-36-38-40-42-44-46-48-50-56(60)55(54-65-66(62,63)64-53-52-59(3,4)5)58-57(61)51-49-47-45-43-41-39-37-23-21-19-17-15-13-11-9-7-2/h23,37,40,42,48,50,55-56,60H,6-22,24-36,38-39,41,43-47,49,51-54H2,1-5H3,(H-,58,61,62,63)/p+1/b37-23-,42-40+,50-48+. The van der Waals surface area contributed by atoms with Gasteiger partial charge in [-0.25, -0.2) is 4.57 Å². The summed E-state index contributed by atoms with van der Waals surface area (Å²) in [7, 11) is 1.56. The summed E-state index contributed by atoms with van der Waals surface area (Å²) in [4.78, 5) is 23.2. The number of phosphoric acid groups is 1. The molecule has 0 bridgehead atoms. The summed E-state index contributed by atoms with van der Waals surface area (Å²) < 4.78 is 23.7. The molecular weight excluding hydrogens is 840 g/mol. The van der Waals surface area contributed by atoms with Crippen LogP contribution < -0.4 is 5.32 Å². The van der Waals surface area contributed by atoms with Crippen LogP contribution in [0.5, 0.6) is 0 Å². The Morgan fingerprint density at radius 3 is 1.21 bits per heavy atom. The molecule has 0 aromatic rings. The van der Waals surface area contributed by atoms with Gasteiger partial charge < -0.3 is 19.8 Å². The van der Waals surface area contributed by atoms with Crippen molar-refractivity contribution in [1.29, 1.82) is 0 Å². The Kier molecular flexibility index (Phi) is 47.8. The summed E-state index contributed by atoms with van der Waals surface area (Å²) in [5.41, 5.74) is 0. The van der Waals surface area contributed by atoms with Gasteiger partial charge >= 0.3 is 7.82 Å². The van der Waals surface area contributed by atoms with Crippen LogP contribution in [0.3, 0.4) is 0 Å². The van der Waals surface area contributed by atoms with E-state index in [2.05, 4.69) is 43.5 Å². The van der Waals surface area contributed by atoms with Crippen molar-refractivity contribution in [1.82, 2.24) is 5.32 Å². The lowest BCUT2D eigenvalue weighted by Gasteiger charge is -2.25. The summed E-state index contributed by atoms with van der Waals surface area (Å²) >= 11 is 0. The highest BCUT2D eigenvalue weighted by molar-refractivity contribution is 7.47. The molecule has 0 spiro atoms. The molecular formula is C57H112N2O6P+. The van der Waals surface area contributed by atoms with Crippen LogP contribution in [0.1, 0.15) is 271 Å². The zero-order chi connectivity index (χ0) is 48.5. The van der Waals surface area contributed by atoms with Crippen LogP contribution in [0.2, 0.25) is 0 Å². The third kappa shape index (κ3) is 50.6. The number of likely N-dealkylation sites (N-methyl/N-ethyl adjacent to an activating group) is 1. The molecule has 0 aliphatic carbocycles. The van der Waals surface area contributed by atoms with E-state index in [1.54, 1.807) is 6.08 Å². The molecule has 0 fully saturated rings. The second kappa shape index (κ2) is 48.7. The highest BCUT2D eigenvalue weighted by Crippen LogP contribution is 2.43. The van der Waals surface area contributed by atoms with Gasteiger partial charge in [0.1, 0.15) is 13.2 Å². The van der Waals surface area contributed by atoms with Crippen molar-refractivity contribution < 1.29 is 32.9 Å². The highest BCUT2D eigenvalue weighted by Gasteiger charge is 2.27. The maximum Gasteiger partial charge on any atom is 0.472 e. The number of allylic oxidation sites excluding steroid dienone is 5. The molecule has 390 valence electrons. The van der Waals surface area contributed by atoms with Gasteiger partial charge in [-0.1, -0.05) is 243 Å². The van der Waals surface area contributed by atoms with Crippen molar-refractivity contribution in [3.05, 3.63) is 36.5 Å². The Morgan fingerprint density at radius 1 is 0.500 bits per heavy atom. The van der Waals surface area contributed by atoms with Crippen LogP contribution in [0.4, 0.5) is 0 Å². The number of carbonyl (C=O) groups is 1. The molecule has 9 heteroatoms. The predicted octanol–water partition coefficient (Wildman–Crippen LogP) is 17.0. The van der Waals surface area contributed by atoms with E-state index in [1.807, 2.05) is 27.2 Å². The lowest BCUT2D eigenvalue weighted by molar-refractivity contribution is -0.870. The zero-order valence-corrected chi connectivity index (χ0v) is 45.3. The minimum atomic E-state index is -4.35. The first kappa shape index (κ1) is 64.7. The first-order chi connectivity index (χ1) is 32.0. The van der Waals surface area contributed by atoms with Crippen LogP contribution in [-0.4, -0.2) is 73.4 Å². The fraction of sp³-hybridized carbons (Fsp3) is 0.877. The van der Waals surface area contributed by atoms with Gasteiger partial charge in [-0.3, -0.25) is 13.8 Å². The van der Waals surface area contributed by atoms with Crippen molar-refractivity contribution in [2.45, 2.75) is 283 Å². The SMILES string of the molecule is CCCCCCCCC/C=C\CCCCCCCC(=O)NC(COP(=O)(O)OCC[N+](C)(C)C)C(O)/C=C/CC/C=C/CCCCCCCCCCCCCCCCCCCCCCCC. The van der Waals surface area contributed by atoms with E-state index in [4.69, 9.17) is 9.05 Å². The van der Waals surface area contributed by atoms with Gasteiger partial charge in [-0.15, -0.1) is 0 Å². The first-order valence-electron chi connectivity index (χ1n) is 28.4. The molecule has 0 aromatic carbocycles. The van der Waals surface area contributed by atoms with E-state index in [0.29, 0.717) is 17.4 Å². The van der Waals surface area contributed by atoms with Gasteiger partial charge in [0.15, 0.2) is 0 Å². The summed E-state index contributed by atoms with van der Waals surface area (Å²) in [6.07, 6.45) is 62.6. The van der Waals surface area contributed by atoms with E-state index in [9.17, 15) is 19.4 Å². The maximum atomic E-state index is 12.9. The summed E-state index contributed by atoms with van der Waals surface area (Å²) in [6.45, 7) is 4.81. The monoisotopic (exact) mass is 952 g/mol. The van der Waals surface area contributed by atoms with Crippen molar-refractivity contribution >= 4 is 13.7 Å². The van der Waals surface area contributed by atoms with Crippen LogP contribution in [0, 0.1) is 0 Å². The van der Waals surface area contributed by atoms with Crippen molar-refractivity contribution in [2.24, 2.45) is 0 Å². The van der Waals surface area contributed by atoms with Gasteiger partial charge in [-0.05, 0) is 57.8 Å². The number of nitrogens with one attached hydrogen (secondary N) is 1. The molecule has 0 aromatic heterocycles. The number of aliphatic hydroxyl groups excluding tert-OH is 1. The molecule has 0 rings (SSSR count). The van der Waals surface area contributed by atoms with Gasteiger partial charge in [0, 0.05) is 6.42 Å². The predicted molar refractivity (Wildman–Crippen MR) is 286 cm³/mol. The second-order valence-electron chi connectivity index (χ2n) is 20.7. The van der Waals surface area contributed by atoms with Crippen molar-refractivity contribution in [2.75, 3.05) is 40.9 Å². The molecule has 0 heterocycles. The average molecular weight is 953 g/mol. The van der Waals surface area contributed by atoms with E-state index in [-0.39, 0.29) is 19.1 Å². The molecule has 1 amide bonds. The van der Waals surface area contributed by atoms with E-state index < -0.39 is 20.0 Å². The fourth-order valence-corrected chi connectivity index (χ4v) is 9.08. The average Bonchev–Trinajstić information content (AvgIpc) is 3.28. The largest absolute Gasteiger partial charge is 0.472 e. The van der Waals surface area contributed by atoms with Gasteiger partial charge in [0.2, 0.25) is 5.91 Å². The van der Waals surface area contributed by atoms with E-state index >= 15 is 0 Å². The number of amides is 1. The molecule has 0 saturated carbocycles. The van der Waals surface area contributed by atoms with Crippen LogP contribution >= 0.6 is 7.82 Å². The van der Waals surface area contributed by atoms with E-state index in [1.165, 1.54) is 199 Å². The third-order valence-electron chi connectivity index (χ3n) is 12.8. The number of hydrogen-bond acceptors (Lipinski definition) is 5. The van der Waals surface area contributed by atoms with Gasteiger partial charge in [0.05, 0.1) is 39.9 Å². The zero-order valence-electron chi connectivity index (χ0n) is 44.4. The van der Waals surface area contributed by atoms with Gasteiger partial charge in [-0.2, -0.15) is 0 Å². The lowest BCUT2D eigenvalue weighted by Crippen LogP contribution is -2.45. The van der Waals surface area contributed by atoms with Crippen LogP contribution in [0.15, 0.2) is 36.5 Å². The van der Waals surface area contributed by atoms with Crippen LogP contribution in [-0.2, 0) is 18.4 Å². The highest BCUT2D eigenvalue weighted by atomic mass is 31.2. The van der Waals surface area contributed by atoms with Crippen molar-refractivity contribution in [3.63, 3.8) is 0 Å². The Morgan fingerprint density at radius 2 is 0.833 bits per heavy atom. The number of unbranched alkanes of at least 4 members (excludes halogenated alkanes) is 35. The lowest BCUT2D eigenvalue weighted by atomic mass is 10.0. The number of hydrogen-bond donors (Lipinski definition) is 3. The van der Waals surface area contributed by atoms with Gasteiger partial charge in [0.25, 0.3) is 0 Å². The molecule has 0 radical (unpaired) electrons. The topological polar surface area (TPSA) is 105 Å². The quantitative estimate of drug-likeness (QED) is 0.0243.